The molecule has 0 spiro atoms. The Labute approximate surface area is 424 Å². The van der Waals surface area contributed by atoms with Crippen molar-refractivity contribution in [2.75, 3.05) is 68.2 Å². The number of hydrogen-bond acceptors (Lipinski definition) is 10. The lowest BCUT2D eigenvalue weighted by molar-refractivity contribution is -0.303. The highest BCUT2D eigenvalue weighted by Gasteiger charge is 2.43. The number of ether oxygens (including phenoxy) is 3. The molecule has 0 N–H and O–H groups in total. The summed E-state index contributed by atoms with van der Waals surface area (Å²) in [6.45, 7) is 19.9. The summed E-state index contributed by atoms with van der Waals surface area (Å²) >= 11 is 3.70. The van der Waals surface area contributed by atoms with Crippen molar-refractivity contribution in [3.63, 3.8) is 0 Å². The minimum absolute atomic E-state index is 0.227. The molecule has 0 aliphatic carbocycles. The number of aliphatic carboxylic acids is 1. The van der Waals surface area contributed by atoms with Gasteiger partial charge in [-0.1, -0.05) is 48.5 Å². The van der Waals surface area contributed by atoms with E-state index in [-0.39, 0.29) is 30.8 Å². The first-order valence-electron chi connectivity index (χ1n) is 24.8. The highest BCUT2D eigenvalue weighted by Crippen LogP contribution is 2.56. The van der Waals surface area contributed by atoms with Crippen molar-refractivity contribution >= 4 is 71.5 Å². The summed E-state index contributed by atoms with van der Waals surface area (Å²) in [7, 11) is 4.39. The predicted molar refractivity (Wildman–Crippen MR) is 292 cm³/mol. The standard InChI is InChI=1S/C60H60N4O5S2/c1-11-63(12-2)43-24-22-35(4)28-49(43)67-26-27-68-50-29-36(23-25-44(50)64(13-3)34-53(65)66)54-41-30-39-45(61(9)59(5,6)55-37-18-14-16-20-51(37)70-57(39)55)32-47(41)69-48-33-46-40(31-42(48)54)58-56(60(7,8)62(46)10)38-19-15-17-21-52(38)71-58/h14-25,28-33H,11-13,26-27,34H2,1-10H3. The van der Waals surface area contributed by atoms with Crippen molar-refractivity contribution < 1.29 is 24.1 Å². The molecule has 8 aromatic rings. The number of benzene rings is 6. The molecule has 11 heteroatoms. The van der Waals surface area contributed by atoms with Crippen LogP contribution in [0.2, 0.25) is 0 Å². The lowest BCUT2D eigenvalue weighted by Gasteiger charge is -2.43. The molecule has 3 aliphatic rings. The van der Waals surface area contributed by atoms with E-state index in [0.29, 0.717) is 18.0 Å². The van der Waals surface area contributed by atoms with Crippen molar-refractivity contribution in [1.29, 1.82) is 0 Å². The quantitative estimate of drug-likeness (QED) is 0.0835. The monoisotopic (exact) mass is 980 g/mol. The van der Waals surface area contributed by atoms with E-state index in [1.807, 2.05) is 35.7 Å². The molecule has 9 nitrogen and oxygen atoms in total. The number of nitrogens with zero attached hydrogens (tertiary/aromatic N) is 4. The van der Waals surface area contributed by atoms with E-state index in [1.54, 1.807) is 4.90 Å². The van der Waals surface area contributed by atoms with Crippen LogP contribution in [0.3, 0.4) is 0 Å². The van der Waals surface area contributed by atoms with E-state index >= 15 is 0 Å². The Kier molecular flexibility index (Phi) is 11.5. The Morgan fingerprint density at radius 1 is 0.704 bits per heavy atom. The van der Waals surface area contributed by atoms with Gasteiger partial charge >= 0.3 is 0 Å². The third-order valence-electron chi connectivity index (χ3n) is 15.4. The fourth-order valence-corrected chi connectivity index (χ4v) is 14.0. The maximum atomic E-state index is 12.2. The topological polar surface area (TPSA) is 80.5 Å². The van der Waals surface area contributed by atoms with Crippen LogP contribution in [0.1, 0.15) is 76.3 Å². The summed E-state index contributed by atoms with van der Waals surface area (Å²) in [5.41, 5.74) is 11.2. The molecular weight excluding hydrogens is 921 g/mol. The average molecular weight is 981 g/mol. The lowest BCUT2D eigenvalue weighted by Crippen LogP contribution is -2.46. The van der Waals surface area contributed by atoms with Crippen LogP contribution in [0.25, 0.3) is 46.6 Å². The number of fused-ring (bicyclic) bond motifs is 12. The highest BCUT2D eigenvalue weighted by molar-refractivity contribution is 7.23. The van der Waals surface area contributed by atoms with Crippen LogP contribution >= 0.6 is 22.7 Å². The third kappa shape index (κ3) is 7.45. The number of rotatable bonds is 13. The smallest absolute Gasteiger partial charge is 0.212 e. The molecule has 0 unspecified atom stereocenters. The number of carboxylic acid groups (broad SMARTS) is 1. The number of anilines is 3. The van der Waals surface area contributed by atoms with Crippen molar-refractivity contribution in [2.45, 2.75) is 66.5 Å². The van der Waals surface area contributed by atoms with Gasteiger partial charge in [0.2, 0.25) is 5.36 Å². The maximum absolute atomic E-state index is 12.2. The first-order chi connectivity index (χ1) is 34.1. The van der Waals surface area contributed by atoms with Gasteiger partial charge in [0.25, 0.3) is 0 Å². The molecule has 6 aromatic carbocycles. The van der Waals surface area contributed by atoms with Crippen molar-refractivity contribution in [3.8, 4) is 43.9 Å². The number of thiophene rings is 2. The van der Waals surface area contributed by atoms with Gasteiger partial charge in [0.05, 0.1) is 45.9 Å². The van der Waals surface area contributed by atoms with Gasteiger partial charge in [-0.3, -0.25) is 0 Å². The summed E-state index contributed by atoms with van der Waals surface area (Å²) in [4.78, 5) is 21.2. The van der Waals surface area contributed by atoms with Crippen molar-refractivity contribution in [2.24, 2.45) is 0 Å². The number of aryl methyl sites for hydroxylation is 1. The number of carboxylic acids is 1. The normalized spacial score (nSPS) is 14.8. The lowest BCUT2D eigenvalue weighted by atomic mass is 9.81. The Hall–Kier alpha value is -6.82. The Morgan fingerprint density at radius 2 is 1.31 bits per heavy atom. The van der Waals surface area contributed by atoms with E-state index in [1.165, 1.54) is 41.1 Å². The Bertz CT molecular complexity index is 3620. The fourth-order valence-electron chi connectivity index (χ4n) is 11.2. The molecule has 2 aromatic heterocycles. The summed E-state index contributed by atoms with van der Waals surface area (Å²) < 4.78 is 25.4. The van der Waals surface area contributed by atoms with Crippen molar-refractivity contribution in [3.05, 3.63) is 148 Å². The third-order valence-corrected chi connectivity index (χ3v) is 17.8. The molecule has 0 radical (unpaired) electrons. The molecule has 0 bridgehead atoms. The van der Waals surface area contributed by atoms with Gasteiger partial charge < -0.3 is 38.8 Å². The van der Waals surface area contributed by atoms with E-state index in [9.17, 15) is 9.90 Å². The number of carbonyl (C=O) groups excluding carboxylic acids is 1. The highest BCUT2D eigenvalue weighted by atomic mass is 32.1. The summed E-state index contributed by atoms with van der Waals surface area (Å²) in [6.07, 6.45) is 0. The number of likely N-dealkylation sites (N-methyl/N-ethyl adjacent to an activating group) is 1. The number of carbonyl (C=O) groups is 1. The van der Waals surface area contributed by atoms with Crippen LogP contribution < -0.4 is 49.2 Å². The first kappa shape index (κ1) is 46.6. The van der Waals surface area contributed by atoms with Crippen LogP contribution in [0.5, 0.6) is 23.0 Å². The van der Waals surface area contributed by atoms with E-state index < -0.39 is 5.97 Å². The first-order valence-corrected chi connectivity index (χ1v) is 26.4. The van der Waals surface area contributed by atoms with E-state index in [2.05, 4.69) is 180 Å². The number of hydrogen-bond donors (Lipinski definition) is 0. The molecule has 11 rings (SSSR count). The Balaban J connectivity index is 1.13. The van der Waals surface area contributed by atoms with E-state index in [4.69, 9.17) is 14.2 Å². The summed E-state index contributed by atoms with van der Waals surface area (Å²) in [5, 5.41) is 16.9. The van der Waals surface area contributed by atoms with Crippen LogP contribution in [0, 0.1) is 6.92 Å². The maximum Gasteiger partial charge on any atom is 0.212 e. The molecule has 0 amide bonds. The predicted octanol–water partition coefficient (Wildman–Crippen LogP) is 11.0. The van der Waals surface area contributed by atoms with Crippen LogP contribution in [0.4, 0.5) is 17.1 Å². The van der Waals surface area contributed by atoms with Crippen LogP contribution in [-0.4, -0.2) is 59.5 Å². The zero-order chi connectivity index (χ0) is 49.7. The van der Waals surface area contributed by atoms with Gasteiger partial charge in [-0.2, -0.15) is 0 Å². The fraction of sp³-hybridized carbons (Fsp3) is 0.300. The second kappa shape index (κ2) is 17.5. The molecular formula is C60H60N4O5S2. The van der Waals surface area contributed by atoms with Gasteiger partial charge in [0, 0.05) is 105 Å². The molecule has 0 saturated heterocycles. The van der Waals surface area contributed by atoms with Gasteiger partial charge in [-0.25, -0.2) is 4.58 Å². The zero-order valence-electron chi connectivity index (χ0n) is 42.3. The van der Waals surface area contributed by atoms with Gasteiger partial charge in [0.1, 0.15) is 43.3 Å². The molecule has 3 aliphatic heterocycles. The summed E-state index contributed by atoms with van der Waals surface area (Å²) in [5.74, 6) is 1.75. The SMILES string of the molecule is CCN(CC)c1ccc(C)cc1OCCOc1cc(C2=c3cc4c(cc3Oc3cc5c(cc32)-c2sc3ccccc3c2C(C)(C)N5C)=[N+](C)C(C)(C)c2c-4sc3ccccc23)ccc1N(CC)CC(=O)[O-]. The van der Waals surface area contributed by atoms with Crippen LogP contribution in [0.15, 0.2) is 109 Å². The second-order valence-electron chi connectivity index (χ2n) is 20.0. The Morgan fingerprint density at radius 3 is 1.97 bits per heavy atom. The molecule has 0 atom stereocenters. The zero-order valence-corrected chi connectivity index (χ0v) is 43.9. The van der Waals surface area contributed by atoms with Crippen molar-refractivity contribution in [1.82, 2.24) is 4.58 Å². The van der Waals surface area contributed by atoms with E-state index in [0.717, 1.165) is 85.7 Å². The largest absolute Gasteiger partial charge is 0.548 e. The molecule has 0 saturated carbocycles. The van der Waals surface area contributed by atoms with Gasteiger partial charge in [0.15, 0.2) is 5.54 Å². The molecule has 71 heavy (non-hydrogen) atoms. The second-order valence-corrected chi connectivity index (χ2v) is 22.1. The van der Waals surface area contributed by atoms with Gasteiger partial charge in [-0.05, 0) is 107 Å². The van der Waals surface area contributed by atoms with Crippen LogP contribution in [-0.2, 0) is 15.9 Å². The average Bonchev–Trinajstić information content (AvgIpc) is 3.96. The molecule has 362 valence electrons. The van der Waals surface area contributed by atoms with Gasteiger partial charge in [-0.15, -0.1) is 22.7 Å². The minimum Gasteiger partial charge on any atom is -0.548 e. The molecule has 5 heterocycles. The minimum atomic E-state index is -1.16. The molecule has 0 fully saturated rings. The summed E-state index contributed by atoms with van der Waals surface area (Å²) in [6, 6.07) is 39.1.